The first kappa shape index (κ1) is 27.6. The summed E-state index contributed by atoms with van der Waals surface area (Å²) in [6.45, 7) is 17.7. The van der Waals surface area contributed by atoms with E-state index in [-0.39, 0.29) is 33.1 Å². The molecule has 0 saturated heterocycles. The van der Waals surface area contributed by atoms with Gasteiger partial charge in [0.25, 0.3) is 0 Å². The maximum Gasteiger partial charge on any atom is 2.00 e. The Labute approximate surface area is 237 Å². The van der Waals surface area contributed by atoms with Crippen molar-refractivity contribution in [1.29, 1.82) is 0 Å². The maximum atomic E-state index is 5.20. The molecule has 2 atom stereocenters. The SMILES string of the molecule is CCC1=C(C)/C2=C/C3[N-]/C(=C\C4=NC(=C\C5[N-]/C(=C\C1=N2)C(C)=C5CC)/C(C)=C4CC)C(C)=C3CC.[Pt+2]. The fourth-order valence-electron chi connectivity index (χ4n) is 6.21. The molecule has 0 saturated carbocycles. The van der Waals surface area contributed by atoms with Gasteiger partial charge < -0.3 is 10.6 Å². The Bertz CT molecular complexity index is 1250. The smallest absolute Gasteiger partial charge is 0.675 e. The van der Waals surface area contributed by atoms with Crippen molar-refractivity contribution in [1.82, 2.24) is 0 Å². The van der Waals surface area contributed by atoms with Crippen LogP contribution in [0.1, 0.15) is 81.1 Å². The maximum absolute atomic E-state index is 5.20. The van der Waals surface area contributed by atoms with Gasteiger partial charge in [-0.15, -0.1) is 11.4 Å². The van der Waals surface area contributed by atoms with Crippen molar-refractivity contribution in [2.75, 3.05) is 0 Å². The third-order valence-corrected chi connectivity index (χ3v) is 8.42. The summed E-state index contributed by atoms with van der Waals surface area (Å²) in [5.74, 6) is 0. The van der Waals surface area contributed by atoms with Crippen LogP contribution in [0.15, 0.2) is 102 Å². The molecule has 8 bridgehead atoms. The monoisotopic (exact) mass is 673 g/mol. The Balaban J connectivity index is 0.00000320. The van der Waals surface area contributed by atoms with E-state index in [9.17, 15) is 0 Å². The van der Waals surface area contributed by atoms with Gasteiger partial charge in [0.05, 0.1) is 22.8 Å². The standard InChI is InChI=1S/C32H38N4.Pt/c1-9-21-17(5)25-14-30-23(11-3)19(7)27(35-30)16-32-24(12-4)20(8)28(36-32)15-31-22(10-2)18(6)26(34-31)13-29(21)33-25;/h13-16,29,32H,9-12H2,1-8H3;/q-2;+2/b25-14-,26-13-,27-16-,28-15-;. The molecule has 196 valence electrons. The molecule has 4 nitrogen and oxygen atoms in total. The normalized spacial score (nSPS) is 30.5. The average Bonchev–Trinajstić information content (AvgIpc) is 3.51. The molecular formula is C32H38N4Pt. The van der Waals surface area contributed by atoms with E-state index in [1.54, 1.807) is 0 Å². The van der Waals surface area contributed by atoms with Crippen molar-refractivity contribution in [3.63, 3.8) is 0 Å². The zero-order chi connectivity index (χ0) is 25.7. The van der Waals surface area contributed by atoms with Crippen molar-refractivity contribution in [3.05, 3.63) is 102 Å². The van der Waals surface area contributed by atoms with E-state index in [0.717, 1.165) is 59.9 Å². The fourth-order valence-corrected chi connectivity index (χ4v) is 6.21. The predicted octanol–water partition coefficient (Wildman–Crippen LogP) is 8.86. The summed E-state index contributed by atoms with van der Waals surface area (Å²) in [5, 5.41) is 10.4. The van der Waals surface area contributed by atoms with Crippen LogP contribution in [-0.4, -0.2) is 23.5 Å². The molecule has 37 heavy (non-hydrogen) atoms. The van der Waals surface area contributed by atoms with Crippen LogP contribution in [0.2, 0.25) is 0 Å². The van der Waals surface area contributed by atoms with Crippen LogP contribution in [0.25, 0.3) is 10.6 Å². The van der Waals surface area contributed by atoms with Crippen LogP contribution in [0, 0.1) is 0 Å². The molecule has 5 aliphatic rings. The third kappa shape index (κ3) is 4.56. The Morgan fingerprint density at radius 1 is 0.595 bits per heavy atom. The number of allylic oxidation sites excluding steroid dienone is 8. The van der Waals surface area contributed by atoms with Gasteiger partial charge in [-0.2, -0.15) is 0 Å². The number of nitrogens with zero attached hydrogens (tertiary/aromatic N) is 4. The van der Waals surface area contributed by atoms with Gasteiger partial charge in [0, 0.05) is 0 Å². The van der Waals surface area contributed by atoms with Gasteiger partial charge in [-0.3, -0.25) is 0 Å². The average molecular weight is 674 g/mol. The molecule has 0 aromatic heterocycles. The second-order valence-corrected chi connectivity index (χ2v) is 10.2. The summed E-state index contributed by atoms with van der Waals surface area (Å²) in [4.78, 5) is 10.3. The summed E-state index contributed by atoms with van der Waals surface area (Å²) in [6, 6.07) is 0.0445. The van der Waals surface area contributed by atoms with Gasteiger partial charge in [-0.05, 0) is 75.7 Å². The van der Waals surface area contributed by atoms with Crippen LogP contribution in [0.4, 0.5) is 0 Å². The molecule has 5 aliphatic heterocycles. The van der Waals surface area contributed by atoms with Crippen molar-refractivity contribution < 1.29 is 21.1 Å². The van der Waals surface area contributed by atoms with E-state index in [2.05, 4.69) is 79.7 Å². The second-order valence-electron chi connectivity index (χ2n) is 10.2. The minimum atomic E-state index is 0. The predicted molar refractivity (Wildman–Crippen MR) is 153 cm³/mol. The summed E-state index contributed by atoms with van der Waals surface area (Å²) < 4.78 is 0. The second kappa shape index (κ2) is 10.7. The van der Waals surface area contributed by atoms with Crippen LogP contribution in [0.5, 0.6) is 0 Å². The topological polar surface area (TPSA) is 52.9 Å². The van der Waals surface area contributed by atoms with Gasteiger partial charge >= 0.3 is 21.1 Å². The molecule has 5 rings (SSSR count). The first-order chi connectivity index (χ1) is 17.3. The molecule has 2 unspecified atom stereocenters. The number of fused-ring (bicyclic) bond motifs is 6. The molecule has 0 aromatic rings. The molecule has 5 heterocycles. The number of hydrogen-bond acceptors (Lipinski definition) is 2. The molecule has 0 amide bonds. The van der Waals surface area contributed by atoms with E-state index in [1.807, 2.05) is 0 Å². The quantitative estimate of drug-likeness (QED) is 0.287. The van der Waals surface area contributed by atoms with Crippen molar-refractivity contribution in [2.24, 2.45) is 9.98 Å². The summed E-state index contributed by atoms with van der Waals surface area (Å²) in [7, 11) is 0. The Hall–Kier alpha value is -2.45. The minimum absolute atomic E-state index is 0. The van der Waals surface area contributed by atoms with Gasteiger partial charge in [0.2, 0.25) is 0 Å². The van der Waals surface area contributed by atoms with Crippen molar-refractivity contribution in [2.45, 2.75) is 93.2 Å². The van der Waals surface area contributed by atoms with Crippen LogP contribution >= 0.6 is 0 Å². The van der Waals surface area contributed by atoms with Crippen molar-refractivity contribution >= 4 is 11.4 Å². The van der Waals surface area contributed by atoms with E-state index < -0.39 is 0 Å². The van der Waals surface area contributed by atoms with E-state index in [4.69, 9.17) is 20.6 Å². The van der Waals surface area contributed by atoms with Crippen LogP contribution < -0.4 is 0 Å². The van der Waals surface area contributed by atoms with Gasteiger partial charge in [-0.25, -0.2) is 9.98 Å². The molecule has 5 heteroatoms. The number of rotatable bonds is 4. The summed E-state index contributed by atoms with van der Waals surface area (Å²) in [5.41, 5.74) is 16.8. The summed E-state index contributed by atoms with van der Waals surface area (Å²) >= 11 is 0. The fraction of sp³-hybridized carbons (Fsp3) is 0.438. The summed E-state index contributed by atoms with van der Waals surface area (Å²) in [6.07, 6.45) is 12.8. The zero-order valence-corrected chi connectivity index (χ0v) is 25.7. The number of aliphatic imine (C=N–C) groups is 2. The first-order valence-electron chi connectivity index (χ1n) is 13.6. The first-order valence-corrected chi connectivity index (χ1v) is 13.6. The molecule has 0 N–H and O–H groups in total. The Morgan fingerprint density at radius 2 is 0.973 bits per heavy atom. The van der Waals surface area contributed by atoms with E-state index in [0.29, 0.717) is 0 Å². The molecule has 0 radical (unpaired) electrons. The minimum Gasteiger partial charge on any atom is -0.675 e. The van der Waals surface area contributed by atoms with E-state index >= 15 is 0 Å². The molecule has 0 fully saturated rings. The molecule has 0 aliphatic carbocycles. The largest absolute Gasteiger partial charge is 2.00 e. The van der Waals surface area contributed by atoms with Crippen molar-refractivity contribution in [3.8, 4) is 0 Å². The Kier molecular flexibility index (Phi) is 8.00. The van der Waals surface area contributed by atoms with Crippen LogP contribution in [-0.2, 0) is 21.1 Å². The van der Waals surface area contributed by atoms with Gasteiger partial charge in [-0.1, -0.05) is 86.4 Å². The number of hydrogen-bond donors (Lipinski definition) is 0. The van der Waals surface area contributed by atoms with Gasteiger partial charge in [0.1, 0.15) is 0 Å². The zero-order valence-electron chi connectivity index (χ0n) is 23.4. The molecule has 0 spiro atoms. The Morgan fingerprint density at radius 3 is 1.30 bits per heavy atom. The molecule has 0 aromatic carbocycles. The van der Waals surface area contributed by atoms with Gasteiger partial charge in [0.15, 0.2) is 0 Å². The third-order valence-electron chi connectivity index (χ3n) is 8.42. The van der Waals surface area contributed by atoms with E-state index in [1.165, 1.54) is 44.6 Å². The molecular weight excluding hydrogens is 635 g/mol. The van der Waals surface area contributed by atoms with Crippen LogP contribution in [0.3, 0.4) is 0 Å².